The van der Waals surface area contributed by atoms with Gasteiger partial charge < -0.3 is 20.3 Å². The minimum Gasteiger partial charge on any atom is -0.370 e. The molecule has 0 bridgehead atoms. The quantitative estimate of drug-likeness (QED) is 0.521. The molecule has 0 radical (unpaired) electrons. The molecule has 3 N–H and O–H groups in total. The van der Waals surface area contributed by atoms with Gasteiger partial charge in [0.05, 0.1) is 24.2 Å². The third kappa shape index (κ3) is 5.05. The summed E-state index contributed by atoms with van der Waals surface area (Å²) in [6.07, 6.45) is 0. The van der Waals surface area contributed by atoms with Crippen molar-refractivity contribution < 1.29 is 19.4 Å². The Balaban J connectivity index is 1.67. The zero-order valence-corrected chi connectivity index (χ0v) is 15.8. The van der Waals surface area contributed by atoms with Crippen molar-refractivity contribution in [3.63, 3.8) is 0 Å². The van der Waals surface area contributed by atoms with Crippen LogP contribution >= 0.6 is 0 Å². The van der Waals surface area contributed by atoms with Gasteiger partial charge in [0, 0.05) is 23.4 Å². The Morgan fingerprint density at radius 2 is 1.75 bits per heavy atom. The van der Waals surface area contributed by atoms with Gasteiger partial charge in [-0.3, -0.25) is 10.1 Å². The number of non-ortho nitro benzene ring substituents is 1. The zero-order valence-electron chi connectivity index (χ0n) is 15.8. The number of nitro benzene ring substituents is 1. The number of nitrogens with zero attached hydrogens (tertiary/aromatic N) is 1. The molecule has 8 nitrogen and oxygen atoms in total. The molecule has 1 aliphatic rings. The molecule has 0 aliphatic carbocycles. The van der Waals surface area contributed by atoms with Crippen LogP contribution in [-0.4, -0.2) is 43.3 Å². The molecule has 2 amide bonds. The lowest BCUT2D eigenvalue weighted by Crippen LogP contribution is -3.15. The summed E-state index contributed by atoms with van der Waals surface area (Å²) in [4.78, 5) is 24.1. The smallest absolute Gasteiger partial charge is 0.319 e. The Morgan fingerprint density at radius 1 is 1.11 bits per heavy atom. The van der Waals surface area contributed by atoms with E-state index in [1.54, 1.807) is 0 Å². The molecule has 2 aromatic carbocycles. The van der Waals surface area contributed by atoms with E-state index in [0.29, 0.717) is 18.9 Å². The molecule has 3 rings (SSSR count). The fourth-order valence-electron chi connectivity index (χ4n) is 3.61. The summed E-state index contributed by atoms with van der Waals surface area (Å²) in [5.74, 6) is 0. The number of nitro groups is 1. The van der Waals surface area contributed by atoms with E-state index < -0.39 is 4.92 Å². The van der Waals surface area contributed by atoms with E-state index in [0.717, 1.165) is 13.1 Å². The van der Waals surface area contributed by atoms with Gasteiger partial charge in [-0.05, 0) is 19.1 Å². The van der Waals surface area contributed by atoms with Crippen molar-refractivity contribution >= 4 is 17.4 Å². The number of quaternary nitrogens is 1. The van der Waals surface area contributed by atoms with Crippen LogP contribution < -0.4 is 15.5 Å². The number of benzene rings is 2. The third-order valence-corrected chi connectivity index (χ3v) is 4.93. The Bertz CT molecular complexity index is 792. The van der Waals surface area contributed by atoms with Crippen molar-refractivity contribution in [2.75, 3.05) is 31.6 Å². The van der Waals surface area contributed by atoms with Crippen LogP contribution in [0.3, 0.4) is 0 Å². The summed E-state index contributed by atoms with van der Waals surface area (Å²) in [6.45, 7) is 5.18. The molecule has 2 atom stereocenters. The second-order valence-corrected chi connectivity index (χ2v) is 6.85. The number of amides is 2. The average molecular weight is 385 g/mol. The fraction of sp³-hybridized carbons (Fsp3) is 0.350. The van der Waals surface area contributed by atoms with Gasteiger partial charge in [-0.15, -0.1) is 0 Å². The third-order valence-electron chi connectivity index (χ3n) is 4.93. The summed E-state index contributed by atoms with van der Waals surface area (Å²) in [7, 11) is 0. The highest BCUT2D eigenvalue weighted by atomic mass is 16.6. The Hall–Kier alpha value is -2.97. The average Bonchev–Trinajstić information content (AvgIpc) is 2.70. The molecule has 0 saturated carbocycles. The SMILES string of the molecule is C[C@H](NC(=O)Nc1ccc([N+](=O)[O-])cc1)[C@H](c1ccccc1)[NH+]1CCOCC1. The normalized spacial score (nSPS) is 16.8. The number of carbonyl (C=O) groups excluding carboxylic acids is 1. The van der Waals surface area contributed by atoms with Gasteiger partial charge in [-0.2, -0.15) is 0 Å². The number of nitrogens with one attached hydrogen (secondary N) is 3. The van der Waals surface area contributed by atoms with Gasteiger partial charge in [-0.1, -0.05) is 30.3 Å². The van der Waals surface area contributed by atoms with E-state index in [1.807, 2.05) is 25.1 Å². The summed E-state index contributed by atoms with van der Waals surface area (Å²) in [6, 6.07) is 15.6. The van der Waals surface area contributed by atoms with Crippen LogP contribution in [0.5, 0.6) is 0 Å². The highest BCUT2D eigenvalue weighted by Gasteiger charge is 2.32. The number of anilines is 1. The van der Waals surface area contributed by atoms with Gasteiger partial charge in [0.15, 0.2) is 0 Å². The molecule has 1 fully saturated rings. The second-order valence-electron chi connectivity index (χ2n) is 6.85. The Morgan fingerprint density at radius 3 is 2.36 bits per heavy atom. The monoisotopic (exact) mass is 385 g/mol. The number of urea groups is 1. The molecule has 2 aromatic rings. The maximum Gasteiger partial charge on any atom is 0.319 e. The molecular formula is C20H25N4O4+. The summed E-state index contributed by atoms with van der Waals surface area (Å²) in [5.41, 5.74) is 1.66. The van der Waals surface area contributed by atoms with Crippen LogP contribution in [0.2, 0.25) is 0 Å². The molecule has 0 spiro atoms. The number of carbonyl (C=O) groups is 1. The van der Waals surface area contributed by atoms with E-state index in [9.17, 15) is 14.9 Å². The van der Waals surface area contributed by atoms with Crippen LogP contribution in [-0.2, 0) is 4.74 Å². The van der Waals surface area contributed by atoms with Crippen LogP contribution in [0.1, 0.15) is 18.5 Å². The predicted molar refractivity (Wildman–Crippen MR) is 105 cm³/mol. The van der Waals surface area contributed by atoms with E-state index >= 15 is 0 Å². The molecule has 148 valence electrons. The Labute approximate surface area is 163 Å². The second kappa shape index (κ2) is 9.29. The highest BCUT2D eigenvalue weighted by molar-refractivity contribution is 5.89. The van der Waals surface area contributed by atoms with Gasteiger partial charge in [0.25, 0.3) is 5.69 Å². The molecule has 0 unspecified atom stereocenters. The molecular weight excluding hydrogens is 360 g/mol. The first kappa shape index (κ1) is 19.8. The minimum atomic E-state index is -0.471. The minimum absolute atomic E-state index is 0.0145. The van der Waals surface area contributed by atoms with Crippen LogP contribution in [0.4, 0.5) is 16.2 Å². The van der Waals surface area contributed by atoms with Gasteiger partial charge in [-0.25, -0.2) is 4.79 Å². The Kier molecular flexibility index (Phi) is 6.57. The number of hydrogen-bond donors (Lipinski definition) is 3. The molecule has 1 aliphatic heterocycles. The molecule has 8 heteroatoms. The summed E-state index contributed by atoms with van der Waals surface area (Å²) in [5, 5.41) is 16.5. The standard InChI is InChI=1S/C20H24N4O4/c1-15(21-20(25)22-17-7-9-18(10-8-17)24(26)27)19(16-5-3-2-4-6-16)23-11-13-28-14-12-23/h2-10,15,19H,11-14H2,1H3,(H2,21,22,25)/p+1/t15-,19+/m0/s1. The first-order chi connectivity index (χ1) is 13.5. The summed E-state index contributed by atoms with van der Waals surface area (Å²) < 4.78 is 5.48. The van der Waals surface area contributed by atoms with Crippen molar-refractivity contribution in [2.24, 2.45) is 0 Å². The van der Waals surface area contributed by atoms with Gasteiger partial charge in [0.2, 0.25) is 0 Å². The van der Waals surface area contributed by atoms with E-state index in [4.69, 9.17) is 4.74 Å². The lowest BCUT2D eigenvalue weighted by molar-refractivity contribution is -0.940. The van der Waals surface area contributed by atoms with Crippen molar-refractivity contribution in [1.29, 1.82) is 0 Å². The zero-order chi connectivity index (χ0) is 19.9. The van der Waals surface area contributed by atoms with Gasteiger partial charge in [0.1, 0.15) is 19.1 Å². The van der Waals surface area contributed by atoms with E-state index in [1.165, 1.54) is 34.7 Å². The number of hydrogen-bond acceptors (Lipinski definition) is 4. The number of rotatable bonds is 6. The number of morpholine rings is 1. The predicted octanol–water partition coefficient (Wildman–Crippen LogP) is 1.76. The summed E-state index contributed by atoms with van der Waals surface area (Å²) >= 11 is 0. The lowest BCUT2D eigenvalue weighted by atomic mass is 9.98. The number of ether oxygens (including phenoxy) is 1. The molecule has 0 aromatic heterocycles. The van der Waals surface area contributed by atoms with Crippen LogP contribution in [0.25, 0.3) is 0 Å². The largest absolute Gasteiger partial charge is 0.370 e. The fourth-order valence-corrected chi connectivity index (χ4v) is 3.61. The lowest BCUT2D eigenvalue weighted by Gasteiger charge is -2.35. The van der Waals surface area contributed by atoms with Gasteiger partial charge >= 0.3 is 6.03 Å². The van der Waals surface area contributed by atoms with Crippen LogP contribution in [0.15, 0.2) is 54.6 Å². The topological polar surface area (TPSA) is 97.9 Å². The molecule has 1 heterocycles. The first-order valence-corrected chi connectivity index (χ1v) is 9.34. The maximum absolute atomic E-state index is 12.5. The van der Waals surface area contributed by atoms with Crippen molar-refractivity contribution in [3.05, 3.63) is 70.3 Å². The highest BCUT2D eigenvalue weighted by Crippen LogP contribution is 2.17. The van der Waals surface area contributed by atoms with Crippen molar-refractivity contribution in [3.8, 4) is 0 Å². The van der Waals surface area contributed by atoms with E-state index in [-0.39, 0.29) is 23.8 Å². The van der Waals surface area contributed by atoms with E-state index in [2.05, 4.69) is 22.8 Å². The molecule has 1 saturated heterocycles. The molecule has 28 heavy (non-hydrogen) atoms. The first-order valence-electron chi connectivity index (χ1n) is 9.34. The maximum atomic E-state index is 12.5. The van der Waals surface area contributed by atoms with Crippen molar-refractivity contribution in [2.45, 2.75) is 19.0 Å². The van der Waals surface area contributed by atoms with Crippen molar-refractivity contribution in [1.82, 2.24) is 5.32 Å². The van der Waals surface area contributed by atoms with Crippen LogP contribution in [0, 0.1) is 10.1 Å².